The van der Waals surface area contributed by atoms with E-state index in [-0.39, 0.29) is 24.8 Å². The van der Waals surface area contributed by atoms with Crippen LogP contribution in [0.4, 0.5) is 0 Å². The monoisotopic (exact) mass is 726 g/mol. The molecular weight excluding hydrogens is 695 g/mol. The smallest absolute Gasteiger partial charge is 1.00 e. The minimum atomic E-state index is -2.15. The first-order valence-electron chi connectivity index (χ1n) is 15.9. The first-order valence-corrected chi connectivity index (χ1v) is 21.7. The maximum absolute atomic E-state index is 2.67. The van der Waals surface area contributed by atoms with E-state index >= 15 is 0 Å². The molecule has 2 aliphatic carbocycles. The zero-order chi connectivity index (χ0) is 29.7. The normalized spacial score (nSPS) is 18.5. The SMILES string of the molecule is CC1=C2c3c(-c4cccc5ccccc45)cccc3[CH]1[Zr+2][CH]1C(C)=C(c3c(-c4cccc5ccccc45)cccc31)[Si]2(C)C.[Cl-].[Cl-]. The van der Waals surface area contributed by atoms with Crippen molar-refractivity contribution in [1.29, 1.82) is 0 Å². The summed E-state index contributed by atoms with van der Waals surface area (Å²) in [5.41, 5.74) is 15.5. The van der Waals surface area contributed by atoms with Crippen LogP contribution in [0.2, 0.25) is 13.1 Å². The minimum Gasteiger partial charge on any atom is -1.00 e. The van der Waals surface area contributed by atoms with Gasteiger partial charge in [0.2, 0.25) is 0 Å². The van der Waals surface area contributed by atoms with Gasteiger partial charge in [0.25, 0.3) is 0 Å². The van der Waals surface area contributed by atoms with Gasteiger partial charge in [0, 0.05) is 0 Å². The second-order valence-corrected chi connectivity index (χ2v) is 21.3. The van der Waals surface area contributed by atoms with Gasteiger partial charge in [0.05, 0.1) is 0 Å². The van der Waals surface area contributed by atoms with Gasteiger partial charge in [-0.25, -0.2) is 0 Å². The van der Waals surface area contributed by atoms with Crippen molar-refractivity contribution in [2.24, 2.45) is 0 Å². The van der Waals surface area contributed by atoms with Gasteiger partial charge >= 0.3 is 274 Å². The second-order valence-electron chi connectivity index (χ2n) is 13.4. The van der Waals surface area contributed by atoms with Crippen molar-refractivity contribution < 1.29 is 48.0 Å². The van der Waals surface area contributed by atoms with Crippen LogP contribution in [0.5, 0.6) is 0 Å². The number of benzene rings is 6. The van der Waals surface area contributed by atoms with E-state index in [0.717, 1.165) is 0 Å². The predicted octanol–water partition coefficient (Wildman–Crippen LogP) is 5.57. The molecule has 2 atom stereocenters. The van der Waals surface area contributed by atoms with Gasteiger partial charge in [-0.15, -0.1) is 0 Å². The Kier molecular flexibility index (Phi) is 7.97. The summed E-state index contributed by atoms with van der Waals surface area (Å²) in [4.78, 5) is 0. The van der Waals surface area contributed by atoms with Crippen molar-refractivity contribution in [1.82, 2.24) is 0 Å². The van der Waals surface area contributed by atoms with Gasteiger partial charge in [-0.1, -0.05) is 0 Å². The van der Waals surface area contributed by atoms with E-state index in [1.165, 1.54) is 43.8 Å². The Morgan fingerprint density at radius 3 is 1.28 bits per heavy atom. The molecule has 0 N–H and O–H groups in total. The quantitative estimate of drug-likeness (QED) is 0.205. The van der Waals surface area contributed by atoms with E-state index in [4.69, 9.17) is 0 Å². The molecular formula is C42H34Cl2SiZr. The van der Waals surface area contributed by atoms with Crippen LogP contribution in [0.15, 0.2) is 132 Å². The number of hydrogen-bond donors (Lipinski definition) is 0. The topological polar surface area (TPSA) is 0 Å². The van der Waals surface area contributed by atoms with Crippen molar-refractivity contribution >= 4 is 40.0 Å². The maximum atomic E-state index is 2.67. The van der Waals surface area contributed by atoms with Gasteiger partial charge < -0.3 is 24.8 Å². The van der Waals surface area contributed by atoms with Crippen LogP contribution in [-0.2, 0) is 23.2 Å². The standard InChI is InChI=1S/C42H34Si.2ClH.Zr/c1-27-25-31-17-11-23-37(35-21-9-15-29-13-5-7-19-33(29)35)39(31)41(27)43(3,4)42-28(2)26-32-18-12-24-38(40(32)42)36-22-10-16-30-14-6-8-20-34(30)36;;;/h5-26H,1-4H3;2*1H;/q;;;+2/p-2. The second kappa shape index (κ2) is 11.6. The third kappa shape index (κ3) is 4.34. The number of halogens is 2. The molecule has 4 bridgehead atoms. The Morgan fingerprint density at radius 1 is 0.457 bits per heavy atom. The Hall–Kier alpha value is -3.00. The van der Waals surface area contributed by atoms with Crippen molar-refractivity contribution in [3.05, 3.63) is 155 Å². The van der Waals surface area contributed by atoms with Crippen LogP contribution in [0.1, 0.15) is 43.4 Å². The van der Waals surface area contributed by atoms with Gasteiger partial charge in [-0.3, -0.25) is 0 Å². The molecule has 0 aromatic heterocycles. The van der Waals surface area contributed by atoms with Crippen molar-refractivity contribution in [2.75, 3.05) is 0 Å². The van der Waals surface area contributed by atoms with E-state index in [9.17, 15) is 0 Å². The fraction of sp³-hybridized carbons (Fsp3) is 0.143. The van der Waals surface area contributed by atoms with Crippen LogP contribution in [0, 0.1) is 0 Å². The Bertz CT molecular complexity index is 2110. The molecule has 0 saturated carbocycles. The largest absolute Gasteiger partial charge is 1.00 e. The van der Waals surface area contributed by atoms with Crippen LogP contribution < -0.4 is 24.8 Å². The summed E-state index contributed by atoms with van der Waals surface area (Å²) in [6.45, 7) is 10.4. The molecule has 4 heteroatoms. The summed E-state index contributed by atoms with van der Waals surface area (Å²) in [5.74, 6) is 0. The Balaban J connectivity index is 0.00000169. The van der Waals surface area contributed by atoms with E-state index < -0.39 is 31.3 Å². The predicted molar refractivity (Wildman–Crippen MR) is 187 cm³/mol. The third-order valence-corrected chi connectivity index (χ3v) is 19.8. The molecule has 0 radical (unpaired) electrons. The molecule has 224 valence electrons. The molecule has 1 aliphatic heterocycles. The zero-order valence-electron chi connectivity index (χ0n) is 26.5. The summed E-state index contributed by atoms with van der Waals surface area (Å²) in [6.07, 6.45) is 0. The van der Waals surface area contributed by atoms with E-state index in [0.29, 0.717) is 7.25 Å². The minimum absolute atomic E-state index is 0. The molecule has 46 heavy (non-hydrogen) atoms. The van der Waals surface area contributed by atoms with E-state index in [1.807, 2.05) is 0 Å². The Labute approximate surface area is 297 Å². The van der Waals surface area contributed by atoms with E-state index in [1.54, 1.807) is 43.8 Å². The first-order chi connectivity index (χ1) is 21.4. The summed E-state index contributed by atoms with van der Waals surface area (Å²) in [6, 6.07) is 46.1. The fourth-order valence-electron chi connectivity index (χ4n) is 9.03. The molecule has 1 heterocycles. The molecule has 0 nitrogen and oxygen atoms in total. The number of fused-ring (bicyclic) bond motifs is 10. The maximum Gasteiger partial charge on any atom is -1.00 e. The molecule has 3 aliphatic rings. The molecule has 9 rings (SSSR count). The van der Waals surface area contributed by atoms with Gasteiger partial charge in [0.1, 0.15) is 0 Å². The van der Waals surface area contributed by atoms with Gasteiger partial charge in [-0.2, -0.15) is 0 Å². The number of rotatable bonds is 2. The fourth-order valence-corrected chi connectivity index (χ4v) is 18.9. The molecule has 0 saturated heterocycles. The zero-order valence-corrected chi connectivity index (χ0v) is 31.4. The number of hydrogen-bond acceptors (Lipinski definition) is 0. The van der Waals surface area contributed by atoms with Crippen LogP contribution in [0.25, 0.3) is 54.2 Å². The average molecular weight is 729 g/mol. The average Bonchev–Trinajstić information content (AvgIpc) is 3.52. The van der Waals surface area contributed by atoms with Crippen LogP contribution >= 0.6 is 0 Å². The van der Waals surface area contributed by atoms with Gasteiger partial charge in [-0.05, 0) is 0 Å². The summed E-state index contributed by atoms with van der Waals surface area (Å²) >= 11 is -0.949. The third-order valence-electron chi connectivity index (χ3n) is 10.7. The van der Waals surface area contributed by atoms with E-state index in [2.05, 4.69) is 148 Å². The molecule has 2 unspecified atom stereocenters. The number of allylic oxidation sites excluding steroid dienone is 2. The molecule has 0 spiro atoms. The van der Waals surface area contributed by atoms with Crippen molar-refractivity contribution in [2.45, 2.75) is 34.2 Å². The summed E-state index contributed by atoms with van der Waals surface area (Å²) in [7, 11) is -2.15. The van der Waals surface area contributed by atoms with Crippen LogP contribution in [-0.4, -0.2) is 8.07 Å². The van der Waals surface area contributed by atoms with Crippen molar-refractivity contribution in [3.63, 3.8) is 0 Å². The molecule has 0 fully saturated rings. The summed E-state index contributed by atoms with van der Waals surface area (Å²) in [5, 5.41) is 8.80. The molecule has 6 aromatic rings. The molecule has 0 amide bonds. The van der Waals surface area contributed by atoms with Crippen molar-refractivity contribution in [3.8, 4) is 22.3 Å². The van der Waals surface area contributed by atoms with Gasteiger partial charge in [0.15, 0.2) is 0 Å². The summed E-state index contributed by atoms with van der Waals surface area (Å²) < 4.78 is 1.25. The molecule has 6 aromatic carbocycles. The van der Waals surface area contributed by atoms with Crippen LogP contribution in [0.3, 0.4) is 0 Å². The first kappa shape index (κ1) is 31.6. The Morgan fingerprint density at radius 2 is 0.826 bits per heavy atom.